The van der Waals surface area contributed by atoms with Gasteiger partial charge in [0.15, 0.2) is 18.9 Å². The molecule has 29 atom stereocenters. The van der Waals surface area contributed by atoms with Gasteiger partial charge in [-0.25, -0.2) is 0 Å². The van der Waals surface area contributed by atoms with E-state index in [9.17, 15) is 81.1 Å². The zero-order chi connectivity index (χ0) is 58.6. The van der Waals surface area contributed by atoms with E-state index in [0.717, 1.165) is 18.4 Å². The first-order valence-electron chi connectivity index (χ1n) is 28.4. The van der Waals surface area contributed by atoms with Crippen molar-refractivity contribution in [3.63, 3.8) is 0 Å². The molecule has 29 unspecified atom stereocenters. The van der Waals surface area contributed by atoms with E-state index in [0.29, 0.717) is 38.5 Å². The van der Waals surface area contributed by atoms with Crippen molar-refractivity contribution in [2.45, 2.75) is 235 Å². The van der Waals surface area contributed by atoms with Gasteiger partial charge in [-0.05, 0) is 111 Å². The van der Waals surface area contributed by atoms with Gasteiger partial charge < -0.3 is 114 Å². The number of carbonyl (C=O) groups excluding carboxylic acids is 2. The Bertz CT molecular complexity index is 2240. The van der Waals surface area contributed by atoms with Crippen LogP contribution >= 0.6 is 0 Å². The molecular weight excluding hydrogens is 1060 g/mol. The molecule has 14 N–H and O–H groups in total. The third-order valence-corrected chi connectivity index (χ3v) is 21.9. The molecule has 0 spiro atoms. The van der Waals surface area contributed by atoms with Crippen molar-refractivity contribution in [2.75, 3.05) is 33.5 Å². The fourth-order valence-corrected chi connectivity index (χ4v) is 16.8. The molecule has 4 saturated heterocycles. The van der Waals surface area contributed by atoms with Gasteiger partial charge in [0.2, 0.25) is 6.29 Å². The lowest BCUT2D eigenvalue weighted by Gasteiger charge is -2.71. The lowest BCUT2D eigenvalue weighted by atomic mass is 9.33. The first-order valence-corrected chi connectivity index (χ1v) is 28.4. The molecule has 4 aliphatic heterocycles. The number of allylic oxidation sites excluding steroid dienone is 2. The van der Waals surface area contributed by atoms with Crippen LogP contribution in [0.1, 0.15) is 106 Å². The normalized spacial score (nSPS) is 53.0. The second kappa shape index (κ2) is 22.9. The second-order valence-electron chi connectivity index (χ2n) is 26.2. The molecule has 0 aromatic carbocycles. The summed E-state index contributed by atoms with van der Waals surface area (Å²) in [5, 5.41) is 150. The van der Waals surface area contributed by atoms with E-state index in [1.807, 2.05) is 6.92 Å². The number of carbonyl (C=O) groups is 2. The van der Waals surface area contributed by atoms with E-state index >= 15 is 0 Å². The third-order valence-electron chi connectivity index (χ3n) is 21.9. The Morgan fingerprint density at radius 2 is 1.00 bits per heavy atom. The van der Waals surface area contributed by atoms with Gasteiger partial charge in [-0.2, -0.15) is 0 Å². The van der Waals surface area contributed by atoms with Gasteiger partial charge in [-0.15, -0.1) is 0 Å². The van der Waals surface area contributed by atoms with Crippen molar-refractivity contribution >= 4 is 11.9 Å². The van der Waals surface area contributed by atoms with Crippen LogP contribution in [0, 0.1) is 50.2 Å². The first-order chi connectivity index (χ1) is 37.6. The van der Waals surface area contributed by atoms with Crippen LogP contribution in [-0.4, -0.2) is 246 Å². The number of hydrogen-bond acceptors (Lipinski definition) is 25. The molecule has 0 aromatic rings. The Labute approximate surface area is 464 Å². The minimum atomic E-state index is -1.99. The summed E-state index contributed by atoms with van der Waals surface area (Å²) in [6.07, 6.45) is -27.1. The van der Waals surface area contributed by atoms with E-state index in [-0.39, 0.29) is 35.5 Å². The molecule has 9 rings (SSSR count). The number of esters is 2. The molecule has 458 valence electrons. The van der Waals surface area contributed by atoms with Gasteiger partial charge in [0, 0.05) is 0 Å². The molecule has 0 bridgehead atoms. The maximum atomic E-state index is 14.9. The number of hydrogen-bond donors (Lipinski definition) is 14. The fraction of sp³-hybridized carbons (Fsp3) is 0.927. The molecule has 25 nitrogen and oxygen atoms in total. The van der Waals surface area contributed by atoms with Crippen molar-refractivity contribution < 1.29 is 124 Å². The Morgan fingerprint density at radius 1 is 0.525 bits per heavy atom. The summed E-state index contributed by atoms with van der Waals surface area (Å²) in [5.74, 6) is -1.37. The van der Waals surface area contributed by atoms with Crippen molar-refractivity contribution in [3.05, 3.63) is 11.6 Å². The second-order valence-corrected chi connectivity index (χ2v) is 26.2. The average molecular weight is 1150 g/mol. The molecule has 0 amide bonds. The Kier molecular flexibility index (Phi) is 17.9. The van der Waals surface area contributed by atoms with E-state index in [2.05, 4.69) is 40.7 Å². The number of fused-ring (bicyclic) bond motifs is 7. The summed E-state index contributed by atoms with van der Waals surface area (Å²) in [7, 11) is 1.35. The maximum Gasteiger partial charge on any atom is 0.315 e. The highest BCUT2D eigenvalue weighted by atomic mass is 16.8. The van der Waals surface area contributed by atoms with Gasteiger partial charge in [0.1, 0.15) is 97.7 Å². The molecule has 9 aliphatic rings. The SMILES string of the molecule is COC(=O)C1(C)CCC2(C(=O)OC3OC(CO)C(O)C(O)C3O)CCC3(C)C(=CCC4C5(C)CCC(OC6OC(CO)C(O)C(OC7OC(CO)C(O)C(OC8OC(CO)C(O)C(O)C8O)C7O)C6O)C(C)(C)C5CCC43C)C2C1. The highest BCUT2D eigenvalue weighted by Crippen LogP contribution is 2.76. The summed E-state index contributed by atoms with van der Waals surface area (Å²) in [6.45, 7) is 9.92. The van der Waals surface area contributed by atoms with Crippen LogP contribution in [0.2, 0.25) is 0 Å². The van der Waals surface area contributed by atoms with Gasteiger partial charge >= 0.3 is 11.9 Å². The highest BCUT2D eigenvalue weighted by Gasteiger charge is 2.71. The summed E-state index contributed by atoms with van der Waals surface area (Å²) in [5.41, 5.74) is -2.71. The third kappa shape index (κ3) is 9.93. The molecular formula is C55H88O25. The molecule has 80 heavy (non-hydrogen) atoms. The molecule has 4 heterocycles. The van der Waals surface area contributed by atoms with Crippen molar-refractivity contribution in [3.8, 4) is 0 Å². The monoisotopic (exact) mass is 1150 g/mol. The Balaban J connectivity index is 0.936. The molecule has 5 aliphatic carbocycles. The van der Waals surface area contributed by atoms with Gasteiger partial charge in [0.05, 0.1) is 50.5 Å². The number of rotatable bonds is 13. The first kappa shape index (κ1) is 62.4. The molecule has 0 radical (unpaired) electrons. The quantitative estimate of drug-likeness (QED) is 0.0500. The van der Waals surface area contributed by atoms with Gasteiger partial charge in [-0.1, -0.05) is 46.3 Å². The lowest BCUT2D eigenvalue weighted by Crippen LogP contribution is -2.67. The number of methoxy groups -OCH3 is 1. The molecule has 8 fully saturated rings. The standard InChI is InChI=1S/C55H88O25/c1-50(2)29-10-13-54(6)30(9-8-23-24-18-51(3,48(70)72-7)14-16-55(24,17-15-53(23,54)5)49(71)80-45-39(67)37(65)33(61)26(20-57)74-45)52(29,4)12-11-31(50)77-46-40(68)42(34(62)27(21-58)75-46)79-47-41(69)43(35(63)28(22-59)76-47)78-44-38(66)36(64)32(60)25(19-56)73-44/h8,24-47,56-69H,9-22H2,1-7H3. The summed E-state index contributed by atoms with van der Waals surface area (Å²) >= 11 is 0. The van der Waals surface area contributed by atoms with Crippen LogP contribution in [0.3, 0.4) is 0 Å². The predicted octanol–water partition coefficient (Wildman–Crippen LogP) is -2.88. The average Bonchev–Trinajstić information content (AvgIpc) is 2.28. The predicted molar refractivity (Wildman–Crippen MR) is 269 cm³/mol. The summed E-state index contributed by atoms with van der Waals surface area (Å²) < 4.78 is 52.7. The smallest absolute Gasteiger partial charge is 0.315 e. The van der Waals surface area contributed by atoms with Crippen LogP contribution in [0.5, 0.6) is 0 Å². The van der Waals surface area contributed by atoms with Crippen molar-refractivity contribution in [1.82, 2.24) is 0 Å². The minimum absolute atomic E-state index is 0.0409. The zero-order valence-electron chi connectivity index (χ0n) is 46.6. The fourth-order valence-electron chi connectivity index (χ4n) is 16.8. The van der Waals surface area contributed by atoms with Gasteiger partial charge in [0.25, 0.3) is 0 Å². The van der Waals surface area contributed by atoms with Crippen LogP contribution in [0.25, 0.3) is 0 Å². The highest BCUT2D eigenvalue weighted by molar-refractivity contribution is 5.81. The Morgan fingerprint density at radius 3 is 1.52 bits per heavy atom. The minimum Gasteiger partial charge on any atom is -0.469 e. The van der Waals surface area contributed by atoms with Crippen molar-refractivity contribution in [1.29, 1.82) is 0 Å². The van der Waals surface area contributed by atoms with Crippen LogP contribution in [-0.2, 0) is 52.2 Å². The summed E-state index contributed by atoms with van der Waals surface area (Å²) in [4.78, 5) is 28.5. The number of aliphatic hydroxyl groups is 14. The van der Waals surface area contributed by atoms with Crippen LogP contribution < -0.4 is 0 Å². The van der Waals surface area contributed by atoms with Crippen LogP contribution in [0.4, 0.5) is 0 Å². The molecule has 4 saturated carbocycles. The number of ether oxygens (including phenoxy) is 9. The van der Waals surface area contributed by atoms with Crippen molar-refractivity contribution in [2.24, 2.45) is 50.2 Å². The van der Waals surface area contributed by atoms with E-state index in [4.69, 9.17) is 42.6 Å². The number of aliphatic hydroxyl groups excluding tert-OH is 14. The van der Waals surface area contributed by atoms with Crippen LogP contribution in [0.15, 0.2) is 11.6 Å². The Hall–Kier alpha value is -2.16. The van der Waals surface area contributed by atoms with E-state index in [1.165, 1.54) is 7.11 Å². The maximum absolute atomic E-state index is 14.9. The lowest BCUT2D eigenvalue weighted by molar-refractivity contribution is -0.385. The molecule has 0 aromatic heterocycles. The zero-order valence-corrected chi connectivity index (χ0v) is 46.6. The van der Waals surface area contributed by atoms with E-state index < -0.39 is 195 Å². The van der Waals surface area contributed by atoms with E-state index in [1.54, 1.807) is 0 Å². The largest absolute Gasteiger partial charge is 0.469 e. The molecule has 25 heteroatoms. The van der Waals surface area contributed by atoms with Gasteiger partial charge in [-0.3, -0.25) is 9.59 Å². The summed E-state index contributed by atoms with van der Waals surface area (Å²) in [6, 6.07) is 0. The topological polar surface area (TPSA) is 400 Å².